The molecule has 0 fully saturated rings. The third-order valence-corrected chi connectivity index (χ3v) is 4.15. The first-order chi connectivity index (χ1) is 11.4. The molecule has 3 aromatic heterocycles. The molecule has 0 unspecified atom stereocenters. The summed E-state index contributed by atoms with van der Waals surface area (Å²) < 4.78 is 3.17. The number of carbonyl (C=O) groups is 1. The molecule has 7 nitrogen and oxygen atoms in total. The number of hydrogen-bond acceptors (Lipinski definition) is 4. The quantitative estimate of drug-likeness (QED) is 0.740. The van der Waals surface area contributed by atoms with Gasteiger partial charge in [-0.3, -0.25) is 14.2 Å². The second-order valence-corrected chi connectivity index (χ2v) is 5.61. The van der Waals surface area contributed by atoms with Crippen molar-refractivity contribution in [3.8, 4) is 0 Å². The molecule has 0 aliphatic rings. The fourth-order valence-corrected chi connectivity index (χ4v) is 2.93. The maximum Gasteiger partial charge on any atom is 0.341 e. The average molecular weight is 327 g/mol. The lowest BCUT2D eigenvalue weighted by molar-refractivity contribution is 0.0695. The smallest absolute Gasteiger partial charge is 0.341 e. The first kappa shape index (κ1) is 15.9. The van der Waals surface area contributed by atoms with E-state index in [2.05, 4.69) is 4.98 Å². The van der Waals surface area contributed by atoms with E-state index >= 15 is 0 Å². The predicted octanol–water partition coefficient (Wildman–Crippen LogP) is 1.76. The van der Waals surface area contributed by atoms with Gasteiger partial charge in [-0.25, -0.2) is 9.78 Å². The van der Waals surface area contributed by atoms with Crippen LogP contribution in [-0.4, -0.2) is 25.2 Å². The van der Waals surface area contributed by atoms with Crippen LogP contribution in [-0.2, 0) is 13.1 Å². The zero-order chi connectivity index (χ0) is 17.6. The highest BCUT2D eigenvalue weighted by molar-refractivity contribution is 5.95. The Labute approximate surface area is 136 Å². The van der Waals surface area contributed by atoms with Gasteiger partial charge in [0.25, 0.3) is 5.56 Å². The molecule has 0 atom stereocenters. The summed E-state index contributed by atoms with van der Waals surface area (Å²) in [4.78, 5) is 40.6. The van der Waals surface area contributed by atoms with Crippen molar-refractivity contribution < 1.29 is 9.90 Å². The van der Waals surface area contributed by atoms with Crippen LogP contribution in [0.3, 0.4) is 0 Å². The highest BCUT2D eigenvalue weighted by Crippen LogP contribution is 2.18. The third kappa shape index (κ3) is 2.20. The van der Waals surface area contributed by atoms with Crippen molar-refractivity contribution in [2.45, 2.75) is 33.9 Å². The van der Waals surface area contributed by atoms with E-state index in [9.17, 15) is 19.5 Å². The van der Waals surface area contributed by atoms with E-state index in [4.69, 9.17) is 0 Å². The van der Waals surface area contributed by atoms with Crippen LogP contribution in [0.4, 0.5) is 0 Å². The number of aryl methyl sites for hydroxylation is 3. The molecule has 0 saturated carbocycles. The van der Waals surface area contributed by atoms with Crippen molar-refractivity contribution in [3.05, 3.63) is 50.0 Å². The number of rotatable bonds is 3. The normalized spacial score (nSPS) is 11.3. The Morgan fingerprint density at radius 1 is 1.17 bits per heavy atom. The van der Waals surface area contributed by atoms with E-state index in [1.54, 1.807) is 28.2 Å². The Kier molecular flexibility index (Phi) is 3.71. The van der Waals surface area contributed by atoms with Gasteiger partial charge in [0.1, 0.15) is 16.9 Å². The molecule has 0 bridgehead atoms. The molecule has 0 radical (unpaired) electrons. The Morgan fingerprint density at radius 3 is 2.46 bits per heavy atom. The molecule has 0 aromatic carbocycles. The van der Waals surface area contributed by atoms with Gasteiger partial charge in [-0.15, -0.1) is 0 Å². The summed E-state index contributed by atoms with van der Waals surface area (Å²) in [6.07, 6.45) is 1.30. The van der Waals surface area contributed by atoms with Gasteiger partial charge in [0.05, 0.1) is 5.39 Å². The average Bonchev–Trinajstić information content (AvgIpc) is 2.55. The van der Waals surface area contributed by atoms with E-state index < -0.39 is 11.4 Å². The Morgan fingerprint density at radius 2 is 1.88 bits per heavy atom. The number of aromatic nitrogens is 3. The number of nitrogens with zero attached hydrogens (tertiary/aromatic N) is 3. The van der Waals surface area contributed by atoms with E-state index in [0.717, 1.165) is 0 Å². The molecular formula is C17H17N3O4. The number of aromatic carboxylic acids is 1. The minimum Gasteiger partial charge on any atom is -0.477 e. The topological polar surface area (TPSA) is 94.2 Å². The van der Waals surface area contributed by atoms with Crippen LogP contribution in [0.15, 0.2) is 27.9 Å². The molecule has 0 amide bonds. The number of fused-ring (bicyclic) bond motifs is 2. The molecular weight excluding hydrogens is 310 g/mol. The monoisotopic (exact) mass is 327 g/mol. The zero-order valence-electron chi connectivity index (χ0n) is 13.7. The standard InChI is InChI=1S/C17H17N3O4/c1-4-19-8-12(17(23)24)13(21)11-7-10-6-9(3)16(22)20(5-2)14(10)18-15(11)19/h6-8H,4-5H2,1-3H3,(H,23,24). The van der Waals surface area contributed by atoms with E-state index in [1.807, 2.05) is 13.8 Å². The lowest BCUT2D eigenvalue weighted by Crippen LogP contribution is -2.24. The molecule has 24 heavy (non-hydrogen) atoms. The van der Waals surface area contributed by atoms with Crippen LogP contribution in [0.25, 0.3) is 22.1 Å². The molecule has 0 spiro atoms. The summed E-state index contributed by atoms with van der Waals surface area (Å²) in [7, 11) is 0. The van der Waals surface area contributed by atoms with Crippen LogP contribution < -0.4 is 11.0 Å². The Bertz CT molecular complexity index is 1110. The van der Waals surface area contributed by atoms with Crippen molar-refractivity contribution in [3.63, 3.8) is 0 Å². The van der Waals surface area contributed by atoms with Crippen molar-refractivity contribution in [1.82, 2.24) is 14.1 Å². The number of pyridine rings is 3. The minimum atomic E-state index is -1.26. The highest BCUT2D eigenvalue weighted by Gasteiger charge is 2.17. The van der Waals surface area contributed by atoms with Gasteiger partial charge in [-0.2, -0.15) is 0 Å². The molecule has 0 aliphatic heterocycles. The van der Waals surface area contributed by atoms with Gasteiger partial charge in [0, 0.05) is 30.2 Å². The summed E-state index contributed by atoms with van der Waals surface area (Å²) >= 11 is 0. The maximum absolute atomic E-state index is 12.5. The fourth-order valence-electron chi connectivity index (χ4n) is 2.93. The fraction of sp³-hybridized carbons (Fsp3) is 0.294. The molecule has 1 N–H and O–H groups in total. The van der Waals surface area contributed by atoms with Crippen LogP contribution in [0.5, 0.6) is 0 Å². The molecule has 3 aromatic rings. The van der Waals surface area contributed by atoms with Crippen molar-refractivity contribution in [1.29, 1.82) is 0 Å². The highest BCUT2D eigenvalue weighted by atomic mass is 16.4. The van der Waals surface area contributed by atoms with Gasteiger partial charge in [0.15, 0.2) is 0 Å². The molecule has 124 valence electrons. The van der Waals surface area contributed by atoms with Gasteiger partial charge >= 0.3 is 5.97 Å². The lowest BCUT2D eigenvalue weighted by Gasteiger charge is -2.13. The van der Waals surface area contributed by atoms with Gasteiger partial charge in [-0.05, 0) is 32.9 Å². The summed E-state index contributed by atoms with van der Waals surface area (Å²) in [6, 6.07) is 3.30. The van der Waals surface area contributed by atoms with Crippen LogP contribution in [0.2, 0.25) is 0 Å². The molecule has 0 aliphatic carbocycles. The predicted molar refractivity (Wildman–Crippen MR) is 90.8 cm³/mol. The molecule has 3 rings (SSSR count). The third-order valence-electron chi connectivity index (χ3n) is 4.15. The van der Waals surface area contributed by atoms with Crippen molar-refractivity contribution in [2.75, 3.05) is 0 Å². The maximum atomic E-state index is 12.5. The molecule has 7 heteroatoms. The van der Waals surface area contributed by atoms with Gasteiger partial charge in [0.2, 0.25) is 5.43 Å². The van der Waals surface area contributed by atoms with Gasteiger partial charge in [-0.1, -0.05) is 0 Å². The molecule has 3 heterocycles. The van der Waals surface area contributed by atoms with Crippen molar-refractivity contribution in [2.24, 2.45) is 0 Å². The van der Waals surface area contributed by atoms with E-state index in [1.165, 1.54) is 6.20 Å². The summed E-state index contributed by atoms with van der Waals surface area (Å²) in [5.41, 5.74) is 0.449. The summed E-state index contributed by atoms with van der Waals surface area (Å²) in [5.74, 6) is -1.26. The SMILES string of the molecule is CCn1cc(C(=O)O)c(=O)c2cc3cc(C)c(=O)n(CC)c3nc21. The lowest BCUT2D eigenvalue weighted by atomic mass is 10.1. The van der Waals surface area contributed by atoms with Crippen LogP contribution in [0.1, 0.15) is 29.8 Å². The van der Waals surface area contributed by atoms with Crippen LogP contribution >= 0.6 is 0 Å². The summed E-state index contributed by atoms with van der Waals surface area (Å²) in [6.45, 7) is 6.31. The van der Waals surface area contributed by atoms with Crippen molar-refractivity contribution >= 4 is 28.0 Å². The second kappa shape index (κ2) is 5.59. The first-order valence-corrected chi connectivity index (χ1v) is 7.70. The second-order valence-electron chi connectivity index (χ2n) is 5.61. The zero-order valence-corrected chi connectivity index (χ0v) is 13.7. The minimum absolute atomic E-state index is 0.121. The van der Waals surface area contributed by atoms with Gasteiger partial charge < -0.3 is 9.67 Å². The largest absolute Gasteiger partial charge is 0.477 e. The summed E-state index contributed by atoms with van der Waals surface area (Å²) in [5, 5.41) is 10.1. The van der Waals surface area contributed by atoms with Crippen LogP contribution in [0, 0.1) is 6.92 Å². The Hall–Kier alpha value is -2.96. The van der Waals surface area contributed by atoms with E-state index in [-0.39, 0.29) is 16.5 Å². The first-order valence-electron chi connectivity index (χ1n) is 7.70. The number of carboxylic acids is 1. The van der Waals surface area contributed by atoms with E-state index in [0.29, 0.717) is 35.3 Å². The number of carboxylic acid groups (broad SMARTS) is 1. The molecule has 0 saturated heterocycles. The number of hydrogen-bond donors (Lipinski definition) is 1. The Balaban J connectivity index is 2.58.